The Morgan fingerprint density at radius 2 is 1.91 bits per heavy atom. The number of aromatic amines is 1. The van der Waals surface area contributed by atoms with Crippen molar-refractivity contribution < 1.29 is 9.53 Å². The third-order valence-electron chi connectivity index (χ3n) is 4.58. The van der Waals surface area contributed by atoms with Crippen molar-refractivity contribution in [2.75, 3.05) is 26.3 Å². The van der Waals surface area contributed by atoms with Crippen LogP contribution in [0.3, 0.4) is 0 Å². The van der Waals surface area contributed by atoms with Crippen LogP contribution in [0.25, 0.3) is 0 Å². The summed E-state index contributed by atoms with van der Waals surface area (Å²) < 4.78 is 5.41. The van der Waals surface area contributed by atoms with Gasteiger partial charge in [-0.1, -0.05) is 6.07 Å². The number of carbonyl (C=O) groups excluding carboxylic acids is 1. The van der Waals surface area contributed by atoms with Gasteiger partial charge in [0, 0.05) is 44.5 Å². The molecule has 22 heavy (non-hydrogen) atoms. The van der Waals surface area contributed by atoms with Crippen LogP contribution < -0.4 is 10.9 Å². The monoisotopic (exact) mass is 305 g/mol. The summed E-state index contributed by atoms with van der Waals surface area (Å²) in [6.45, 7) is 3.76. The number of hydrogen-bond acceptors (Lipinski definition) is 4. The van der Waals surface area contributed by atoms with Crippen LogP contribution >= 0.6 is 0 Å². The number of aromatic nitrogens is 1. The van der Waals surface area contributed by atoms with Crippen molar-refractivity contribution in [3.05, 3.63) is 34.2 Å². The van der Waals surface area contributed by atoms with E-state index in [-0.39, 0.29) is 17.5 Å². The van der Waals surface area contributed by atoms with Gasteiger partial charge >= 0.3 is 0 Å². The molecule has 3 heterocycles. The Morgan fingerprint density at radius 1 is 1.18 bits per heavy atom. The molecule has 2 aliphatic rings. The highest BCUT2D eigenvalue weighted by atomic mass is 16.5. The normalized spacial score (nSPS) is 21.6. The first kappa shape index (κ1) is 15.2. The van der Waals surface area contributed by atoms with Crippen LogP contribution in [0.1, 0.15) is 36.2 Å². The van der Waals surface area contributed by atoms with Gasteiger partial charge in [0.25, 0.3) is 5.91 Å². The second kappa shape index (κ2) is 7.07. The van der Waals surface area contributed by atoms with Crippen molar-refractivity contribution >= 4 is 5.91 Å². The Bertz CT molecular complexity index is 558. The van der Waals surface area contributed by atoms with E-state index < -0.39 is 0 Å². The lowest BCUT2D eigenvalue weighted by Gasteiger charge is -2.39. The predicted octanol–water partition coefficient (Wildman–Crippen LogP) is 0.748. The number of H-pyrrole nitrogens is 1. The average Bonchev–Trinajstić information content (AvgIpc) is 2.56. The number of amides is 1. The molecule has 120 valence electrons. The van der Waals surface area contributed by atoms with Crippen LogP contribution in [0, 0.1) is 0 Å². The van der Waals surface area contributed by atoms with Gasteiger partial charge in [-0.3, -0.25) is 9.59 Å². The second-order valence-electron chi connectivity index (χ2n) is 6.06. The van der Waals surface area contributed by atoms with Crippen LogP contribution in [-0.2, 0) is 4.74 Å². The summed E-state index contributed by atoms with van der Waals surface area (Å²) in [5.74, 6) is -0.192. The molecule has 3 rings (SSSR count). The van der Waals surface area contributed by atoms with E-state index in [1.165, 1.54) is 6.07 Å². The van der Waals surface area contributed by atoms with E-state index >= 15 is 0 Å². The quantitative estimate of drug-likeness (QED) is 0.864. The summed E-state index contributed by atoms with van der Waals surface area (Å²) >= 11 is 0. The summed E-state index contributed by atoms with van der Waals surface area (Å²) in [6, 6.07) is 5.46. The van der Waals surface area contributed by atoms with Crippen LogP contribution in [0.2, 0.25) is 0 Å². The van der Waals surface area contributed by atoms with Gasteiger partial charge in [0.05, 0.1) is 0 Å². The Hall–Kier alpha value is -1.66. The molecule has 0 atom stereocenters. The fourth-order valence-corrected chi connectivity index (χ4v) is 3.30. The SMILES string of the molecule is O=C(NC1CCN(C2CCOCC2)CC1)c1cccc(=O)[nH]1. The summed E-state index contributed by atoms with van der Waals surface area (Å²) in [6.07, 6.45) is 4.14. The standard InChI is InChI=1S/C16H23N3O3/c20-15-3-1-2-14(18-15)16(21)17-12-4-8-19(9-5-12)13-6-10-22-11-7-13/h1-3,12-13H,4-11H2,(H,17,21)(H,18,20). The minimum Gasteiger partial charge on any atom is -0.381 e. The van der Waals surface area contributed by atoms with Crippen molar-refractivity contribution in [1.82, 2.24) is 15.2 Å². The summed E-state index contributed by atoms with van der Waals surface area (Å²) in [5.41, 5.74) is 0.0846. The molecule has 0 bridgehead atoms. The highest BCUT2D eigenvalue weighted by molar-refractivity contribution is 5.92. The van der Waals surface area contributed by atoms with Gasteiger partial charge in [-0.2, -0.15) is 0 Å². The summed E-state index contributed by atoms with van der Waals surface area (Å²) in [5, 5.41) is 3.03. The molecule has 2 fully saturated rings. The first-order chi connectivity index (χ1) is 10.7. The largest absolute Gasteiger partial charge is 0.381 e. The molecule has 2 saturated heterocycles. The van der Waals surface area contributed by atoms with E-state index in [1.807, 2.05) is 0 Å². The Kier molecular flexibility index (Phi) is 4.90. The highest BCUT2D eigenvalue weighted by Gasteiger charge is 2.27. The summed E-state index contributed by atoms with van der Waals surface area (Å²) in [4.78, 5) is 28.5. The van der Waals surface area contributed by atoms with Gasteiger partial charge in [0.1, 0.15) is 5.69 Å². The molecule has 1 amide bonds. The number of piperidine rings is 1. The molecule has 1 aromatic heterocycles. The van der Waals surface area contributed by atoms with Gasteiger partial charge in [-0.25, -0.2) is 0 Å². The highest BCUT2D eigenvalue weighted by Crippen LogP contribution is 2.20. The predicted molar refractivity (Wildman–Crippen MR) is 83.0 cm³/mol. The van der Waals surface area contributed by atoms with Gasteiger partial charge < -0.3 is 19.9 Å². The zero-order chi connectivity index (χ0) is 15.4. The molecule has 6 nitrogen and oxygen atoms in total. The molecule has 0 aliphatic carbocycles. The topological polar surface area (TPSA) is 74.4 Å². The Balaban J connectivity index is 1.49. The Morgan fingerprint density at radius 3 is 2.59 bits per heavy atom. The molecular formula is C16H23N3O3. The van der Waals surface area contributed by atoms with E-state index in [1.54, 1.807) is 12.1 Å². The van der Waals surface area contributed by atoms with Crippen LogP contribution in [0.4, 0.5) is 0 Å². The van der Waals surface area contributed by atoms with Crippen molar-refractivity contribution in [1.29, 1.82) is 0 Å². The summed E-state index contributed by atoms with van der Waals surface area (Å²) in [7, 11) is 0. The van der Waals surface area contributed by atoms with Crippen LogP contribution in [-0.4, -0.2) is 54.2 Å². The van der Waals surface area contributed by atoms with Gasteiger partial charge in [-0.05, 0) is 31.7 Å². The van der Waals surface area contributed by atoms with Crippen molar-refractivity contribution in [3.8, 4) is 0 Å². The molecule has 2 N–H and O–H groups in total. The van der Waals surface area contributed by atoms with Gasteiger partial charge in [0.2, 0.25) is 5.56 Å². The molecule has 1 aromatic rings. The van der Waals surface area contributed by atoms with Crippen LogP contribution in [0.15, 0.2) is 23.0 Å². The minimum atomic E-state index is -0.248. The number of pyridine rings is 1. The minimum absolute atomic E-state index is 0.187. The Labute approximate surface area is 129 Å². The van der Waals surface area contributed by atoms with E-state index in [4.69, 9.17) is 4.74 Å². The van der Waals surface area contributed by atoms with E-state index in [2.05, 4.69) is 15.2 Å². The maximum atomic E-state index is 12.1. The zero-order valence-electron chi connectivity index (χ0n) is 12.7. The fraction of sp³-hybridized carbons (Fsp3) is 0.625. The zero-order valence-corrected chi connectivity index (χ0v) is 12.7. The van der Waals surface area contributed by atoms with Crippen molar-refractivity contribution in [3.63, 3.8) is 0 Å². The maximum absolute atomic E-state index is 12.1. The lowest BCUT2D eigenvalue weighted by atomic mass is 9.99. The molecule has 6 heteroatoms. The van der Waals surface area contributed by atoms with Gasteiger partial charge in [-0.15, -0.1) is 0 Å². The molecule has 0 aromatic carbocycles. The maximum Gasteiger partial charge on any atom is 0.268 e. The molecule has 2 aliphatic heterocycles. The number of rotatable bonds is 3. The average molecular weight is 305 g/mol. The molecule has 0 saturated carbocycles. The number of likely N-dealkylation sites (tertiary alicyclic amines) is 1. The number of carbonyl (C=O) groups is 1. The third-order valence-corrected chi connectivity index (χ3v) is 4.58. The first-order valence-corrected chi connectivity index (χ1v) is 8.04. The molecule has 0 radical (unpaired) electrons. The van der Waals surface area contributed by atoms with Crippen LogP contribution in [0.5, 0.6) is 0 Å². The van der Waals surface area contributed by atoms with Crippen molar-refractivity contribution in [2.24, 2.45) is 0 Å². The molecular weight excluding hydrogens is 282 g/mol. The smallest absolute Gasteiger partial charge is 0.268 e. The molecule has 0 unspecified atom stereocenters. The number of nitrogens with one attached hydrogen (secondary N) is 2. The third kappa shape index (κ3) is 3.75. The van der Waals surface area contributed by atoms with E-state index in [0.29, 0.717) is 11.7 Å². The number of nitrogens with zero attached hydrogens (tertiary/aromatic N) is 1. The first-order valence-electron chi connectivity index (χ1n) is 8.04. The lowest BCUT2D eigenvalue weighted by molar-refractivity contribution is 0.0238. The van der Waals surface area contributed by atoms with E-state index in [9.17, 15) is 9.59 Å². The molecule has 0 spiro atoms. The van der Waals surface area contributed by atoms with Crippen molar-refractivity contribution in [2.45, 2.75) is 37.8 Å². The fourth-order valence-electron chi connectivity index (χ4n) is 3.30. The van der Waals surface area contributed by atoms with E-state index in [0.717, 1.165) is 52.0 Å². The lowest BCUT2D eigenvalue weighted by Crippen LogP contribution is -2.49. The number of hydrogen-bond donors (Lipinski definition) is 2. The second-order valence-corrected chi connectivity index (χ2v) is 6.06. The number of ether oxygens (including phenoxy) is 1. The van der Waals surface area contributed by atoms with Gasteiger partial charge in [0.15, 0.2) is 0 Å².